The molecule has 0 radical (unpaired) electrons. The van der Waals surface area contributed by atoms with Gasteiger partial charge in [-0.15, -0.1) is 0 Å². The zero-order valence-corrected chi connectivity index (χ0v) is 14.7. The molecular formula is C17H31NO5. The number of methoxy groups -OCH3 is 1. The fraction of sp³-hybridized carbons (Fsp3) is 0.882. The third-order valence-electron chi connectivity index (χ3n) is 3.97. The third-order valence-corrected chi connectivity index (χ3v) is 3.97. The predicted molar refractivity (Wildman–Crippen MR) is 87.1 cm³/mol. The number of nitrogens with zero attached hydrogens (tertiary/aromatic N) is 1. The van der Waals surface area contributed by atoms with E-state index in [-0.39, 0.29) is 23.9 Å². The van der Waals surface area contributed by atoms with E-state index in [0.29, 0.717) is 26.3 Å². The zero-order chi connectivity index (χ0) is 17.1. The highest BCUT2D eigenvalue weighted by Gasteiger charge is 2.30. The molecule has 0 N–H and O–H groups in total. The van der Waals surface area contributed by atoms with Gasteiger partial charge in [-0.05, 0) is 25.7 Å². The molecule has 1 aliphatic rings. The van der Waals surface area contributed by atoms with E-state index in [4.69, 9.17) is 14.2 Å². The molecule has 6 heteroatoms. The van der Waals surface area contributed by atoms with Crippen LogP contribution in [0.5, 0.6) is 0 Å². The van der Waals surface area contributed by atoms with Crippen molar-refractivity contribution in [3.8, 4) is 0 Å². The second-order valence-electron chi connectivity index (χ2n) is 6.03. The van der Waals surface area contributed by atoms with Crippen LogP contribution in [-0.2, 0) is 23.8 Å². The van der Waals surface area contributed by atoms with E-state index >= 15 is 0 Å². The van der Waals surface area contributed by atoms with Crippen molar-refractivity contribution in [1.29, 1.82) is 0 Å². The van der Waals surface area contributed by atoms with Crippen LogP contribution in [0.2, 0.25) is 0 Å². The molecule has 2 unspecified atom stereocenters. The summed E-state index contributed by atoms with van der Waals surface area (Å²) in [6.45, 7) is 6.86. The summed E-state index contributed by atoms with van der Waals surface area (Å²) in [5, 5.41) is 0. The quantitative estimate of drug-likeness (QED) is 0.428. The SMILES string of the molecule is CCCCOCCCN(CC(C)C(=O)OC)C(=O)C1CCCO1. The van der Waals surface area contributed by atoms with Crippen LogP contribution in [0.15, 0.2) is 0 Å². The fourth-order valence-electron chi connectivity index (χ4n) is 2.58. The van der Waals surface area contributed by atoms with Crippen LogP contribution < -0.4 is 0 Å². The van der Waals surface area contributed by atoms with Gasteiger partial charge in [-0.3, -0.25) is 9.59 Å². The van der Waals surface area contributed by atoms with Crippen molar-refractivity contribution in [3.63, 3.8) is 0 Å². The average Bonchev–Trinajstić information content (AvgIpc) is 3.09. The number of carbonyl (C=O) groups excluding carboxylic acids is 2. The summed E-state index contributed by atoms with van der Waals surface area (Å²) in [6.07, 6.45) is 4.24. The highest BCUT2D eigenvalue weighted by atomic mass is 16.5. The van der Waals surface area contributed by atoms with E-state index in [9.17, 15) is 9.59 Å². The summed E-state index contributed by atoms with van der Waals surface area (Å²) in [4.78, 5) is 25.9. The minimum absolute atomic E-state index is 0.0215. The van der Waals surface area contributed by atoms with E-state index in [2.05, 4.69) is 6.92 Å². The van der Waals surface area contributed by atoms with Gasteiger partial charge in [0, 0.05) is 32.9 Å². The van der Waals surface area contributed by atoms with Crippen LogP contribution in [0.3, 0.4) is 0 Å². The number of hydrogen-bond donors (Lipinski definition) is 0. The van der Waals surface area contributed by atoms with Gasteiger partial charge in [0.2, 0.25) is 0 Å². The maximum atomic E-state index is 12.6. The fourth-order valence-corrected chi connectivity index (χ4v) is 2.58. The number of rotatable bonds is 11. The Hall–Kier alpha value is -1.14. The molecule has 0 saturated carbocycles. The van der Waals surface area contributed by atoms with E-state index in [0.717, 1.165) is 38.7 Å². The van der Waals surface area contributed by atoms with Crippen LogP contribution >= 0.6 is 0 Å². The molecule has 1 heterocycles. The van der Waals surface area contributed by atoms with Crippen LogP contribution in [0.1, 0.15) is 46.0 Å². The number of ether oxygens (including phenoxy) is 3. The van der Waals surface area contributed by atoms with E-state index in [1.807, 2.05) is 0 Å². The molecule has 1 aliphatic heterocycles. The summed E-state index contributed by atoms with van der Waals surface area (Å²) in [5.74, 6) is -0.660. The third kappa shape index (κ3) is 7.31. The molecule has 2 atom stereocenters. The van der Waals surface area contributed by atoms with Crippen molar-refractivity contribution in [2.75, 3.05) is 40.0 Å². The van der Waals surface area contributed by atoms with Crippen LogP contribution in [0.25, 0.3) is 0 Å². The summed E-state index contributed by atoms with van der Waals surface area (Å²) in [5.41, 5.74) is 0. The lowest BCUT2D eigenvalue weighted by molar-refractivity contribution is -0.148. The largest absolute Gasteiger partial charge is 0.469 e. The molecule has 0 spiro atoms. The van der Waals surface area contributed by atoms with Crippen LogP contribution in [-0.4, -0.2) is 62.9 Å². The molecule has 1 rings (SSSR count). The standard InChI is InChI=1S/C17H31NO5/c1-4-5-10-22-11-7-9-18(13-14(2)17(20)21-3)16(19)15-8-6-12-23-15/h14-15H,4-13H2,1-3H3. The monoisotopic (exact) mass is 329 g/mol. The second kappa shape index (κ2) is 11.4. The Labute approximate surface area is 139 Å². The molecule has 23 heavy (non-hydrogen) atoms. The Morgan fingerprint density at radius 3 is 2.65 bits per heavy atom. The van der Waals surface area contributed by atoms with Gasteiger partial charge in [0.15, 0.2) is 0 Å². The van der Waals surface area contributed by atoms with Crippen LogP contribution in [0.4, 0.5) is 0 Å². The molecular weight excluding hydrogens is 298 g/mol. The molecule has 0 aliphatic carbocycles. The first kappa shape index (κ1) is 19.9. The topological polar surface area (TPSA) is 65.1 Å². The lowest BCUT2D eigenvalue weighted by Crippen LogP contribution is -2.43. The number of unbranched alkanes of at least 4 members (excludes halogenated alkanes) is 1. The Kier molecular flexibility index (Phi) is 9.87. The van der Waals surface area contributed by atoms with E-state index < -0.39 is 0 Å². The maximum Gasteiger partial charge on any atom is 0.310 e. The molecule has 1 fully saturated rings. The summed E-state index contributed by atoms with van der Waals surface area (Å²) >= 11 is 0. The van der Waals surface area contributed by atoms with Gasteiger partial charge in [-0.1, -0.05) is 20.3 Å². The first-order valence-electron chi connectivity index (χ1n) is 8.66. The van der Waals surface area contributed by atoms with Gasteiger partial charge in [0.25, 0.3) is 5.91 Å². The highest BCUT2D eigenvalue weighted by molar-refractivity contribution is 5.82. The molecule has 1 amide bonds. The zero-order valence-electron chi connectivity index (χ0n) is 14.7. The first-order valence-corrected chi connectivity index (χ1v) is 8.66. The van der Waals surface area contributed by atoms with Gasteiger partial charge in [0.1, 0.15) is 6.10 Å². The number of carbonyl (C=O) groups is 2. The van der Waals surface area contributed by atoms with Crippen molar-refractivity contribution in [2.45, 2.75) is 52.1 Å². The normalized spacial score (nSPS) is 18.7. The van der Waals surface area contributed by atoms with Crippen molar-refractivity contribution in [2.24, 2.45) is 5.92 Å². The van der Waals surface area contributed by atoms with Gasteiger partial charge in [0.05, 0.1) is 13.0 Å². The summed E-state index contributed by atoms with van der Waals surface area (Å²) in [6, 6.07) is 0. The molecule has 134 valence electrons. The summed E-state index contributed by atoms with van der Waals surface area (Å²) in [7, 11) is 1.37. The summed E-state index contributed by atoms with van der Waals surface area (Å²) < 4.78 is 15.8. The highest BCUT2D eigenvalue weighted by Crippen LogP contribution is 2.16. The van der Waals surface area contributed by atoms with Crippen molar-refractivity contribution in [1.82, 2.24) is 4.90 Å². The van der Waals surface area contributed by atoms with E-state index in [1.165, 1.54) is 7.11 Å². The number of esters is 1. The van der Waals surface area contributed by atoms with Gasteiger partial charge in [-0.2, -0.15) is 0 Å². The van der Waals surface area contributed by atoms with Crippen LogP contribution in [0, 0.1) is 5.92 Å². The van der Waals surface area contributed by atoms with E-state index in [1.54, 1.807) is 11.8 Å². The Balaban J connectivity index is 2.46. The minimum atomic E-state index is -0.360. The lowest BCUT2D eigenvalue weighted by atomic mass is 10.1. The first-order chi connectivity index (χ1) is 11.1. The molecule has 6 nitrogen and oxygen atoms in total. The van der Waals surface area contributed by atoms with Crippen molar-refractivity contribution < 1.29 is 23.8 Å². The average molecular weight is 329 g/mol. The Morgan fingerprint density at radius 2 is 2.04 bits per heavy atom. The van der Waals surface area contributed by atoms with Crippen molar-refractivity contribution >= 4 is 11.9 Å². The molecule has 1 saturated heterocycles. The van der Waals surface area contributed by atoms with Gasteiger partial charge in [-0.25, -0.2) is 0 Å². The predicted octanol–water partition coefficient (Wildman–Crippen LogP) is 2.01. The number of hydrogen-bond acceptors (Lipinski definition) is 5. The minimum Gasteiger partial charge on any atom is -0.469 e. The lowest BCUT2D eigenvalue weighted by Gasteiger charge is -2.27. The smallest absolute Gasteiger partial charge is 0.310 e. The second-order valence-corrected chi connectivity index (χ2v) is 6.03. The molecule has 0 bridgehead atoms. The van der Waals surface area contributed by atoms with Gasteiger partial charge < -0.3 is 19.1 Å². The number of amides is 1. The van der Waals surface area contributed by atoms with Gasteiger partial charge >= 0.3 is 5.97 Å². The Morgan fingerprint density at radius 1 is 1.30 bits per heavy atom. The van der Waals surface area contributed by atoms with Crippen molar-refractivity contribution in [3.05, 3.63) is 0 Å². The Bertz CT molecular complexity index is 355. The molecule has 0 aromatic heterocycles. The maximum absolute atomic E-state index is 12.6. The molecule has 0 aromatic carbocycles. The molecule has 0 aromatic rings.